The summed E-state index contributed by atoms with van der Waals surface area (Å²) < 4.78 is 5.40. The normalized spacial score (nSPS) is 24.8. The van der Waals surface area contributed by atoms with Crippen LogP contribution in [-0.2, 0) is 4.74 Å². The molecule has 0 aliphatic carbocycles. The van der Waals surface area contributed by atoms with Crippen molar-refractivity contribution in [2.24, 2.45) is 5.92 Å². The van der Waals surface area contributed by atoms with E-state index in [4.69, 9.17) is 4.74 Å². The highest BCUT2D eigenvalue weighted by molar-refractivity contribution is 5.68. The lowest BCUT2D eigenvalue weighted by molar-refractivity contribution is 0.0613. The van der Waals surface area contributed by atoms with Gasteiger partial charge < -0.3 is 15.0 Å². The van der Waals surface area contributed by atoms with Crippen LogP contribution >= 0.6 is 0 Å². The largest absolute Gasteiger partial charge is 0.449 e. The molecule has 0 aromatic heterocycles. The first-order valence-corrected chi connectivity index (χ1v) is 6.52. The quantitative estimate of drug-likeness (QED) is 0.825. The molecule has 100 valence electrons. The van der Waals surface area contributed by atoms with Gasteiger partial charge in [-0.3, -0.25) is 0 Å². The van der Waals surface area contributed by atoms with Gasteiger partial charge in [0.2, 0.25) is 0 Å². The summed E-state index contributed by atoms with van der Waals surface area (Å²) in [4.78, 5) is 13.7. The van der Waals surface area contributed by atoms with Gasteiger partial charge in [-0.2, -0.15) is 0 Å². The fourth-order valence-corrected chi connectivity index (χ4v) is 2.31. The molecule has 1 amide bonds. The second-order valence-corrected chi connectivity index (χ2v) is 5.90. The molecule has 0 radical (unpaired) electrons. The highest BCUT2D eigenvalue weighted by Gasteiger charge is 2.28. The molecule has 2 atom stereocenters. The second kappa shape index (κ2) is 5.71. The van der Waals surface area contributed by atoms with Gasteiger partial charge in [0, 0.05) is 30.6 Å². The molecule has 4 nitrogen and oxygen atoms in total. The molecule has 0 saturated carbocycles. The Bertz CT molecular complexity index is 261. The van der Waals surface area contributed by atoms with Gasteiger partial charge in [0.25, 0.3) is 0 Å². The molecule has 0 unspecified atom stereocenters. The van der Waals surface area contributed by atoms with Gasteiger partial charge in [-0.1, -0.05) is 0 Å². The molecule has 17 heavy (non-hydrogen) atoms. The van der Waals surface area contributed by atoms with Crippen molar-refractivity contribution in [1.29, 1.82) is 0 Å². The van der Waals surface area contributed by atoms with Crippen molar-refractivity contribution >= 4 is 6.09 Å². The lowest BCUT2D eigenvalue weighted by atomic mass is 10.1. The minimum absolute atomic E-state index is 0.174. The number of hydrogen-bond donors (Lipinski definition) is 1. The van der Waals surface area contributed by atoms with Gasteiger partial charge in [-0.05, 0) is 41.0 Å². The van der Waals surface area contributed by atoms with Gasteiger partial charge in [0.15, 0.2) is 0 Å². The smallest absolute Gasteiger partial charge is 0.410 e. The summed E-state index contributed by atoms with van der Waals surface area (Å²) in [7, 11) is 0. The van der Waals surface area contributed by atoms with Crippen molar-refractivity contribution in [3.8, 4) is 0 Å². The van der Waals surface area contributed by atoms with E-state index in [2.05, 4.69) is 12.2 Å². The molecule has 0 aromatic rings. The van der Waals surface area contributed by atoms with E-state index in [0.29, 0.717) is 25.1 Å². The Labute approximate surface area is 105 Å². The summed E-state index contributed by atoms with van der Waals surface area (Å²) in [6.45, 7) is 12.4. The Balaban J connectivity index is 2.38. The summed E-state index contributed by atoms with van der Waals surface area (Å²) in [6.07, 6.45) is 0.897. The van der Waals surface area contributed by atoms with E-state index in [0.717, 1.165) is 13.0 Å². The van der Waals surface area contributed by atoms with Gasteiger partial charge >= 0.3 is 6.09 Å². The van der Waals surface area contributed by atoms with Crippen LogP contribution in [0.2, 0.25) is 0 Å². The molecular formula is C13H26N2O2. The number of ether oxygens (including phenoxy) is 1. The van der Waals surface area contributed by atoms with Crippen LogP contribution in [0.15, 0.2) is 0 Å². The average molecular weight is 242 g/mol. The van der Waals surface area contributed by atoms with Crippen LogP contribution < -0.4 is 5.32 Å². The molecule has 1 N–H and O–H groups in total. The predicted molar refractivity (Wildman–Crippen MR) is 69.1 cm³/mol. The van der Waals surface area contributed by atoms with E-state index in [1.807, 2.05) is 27.7 Å². The average Bonchev–Trinajstić information content (AvgIpc) is 2.60. The summed E-state index contributed by atoms with van der Waals surface area (Å²) in [6, 6.07) is 0.545. The monoisotopic (exact) mass is 242 g/mol. The standard InChI is InChI=1S/C13H26N2O2/c1-6-15(13(3,4)5)12(16)17-9-11-7-10(2)14-8-11/h10-11,14H,6-9H2,1-5H3/t10-,11-/m0/s1. The third-order valence-electron chi connectivity index (χ3n) is 3.23. The first kappa shape index (κ1) is 14.3. The van der Waals surface area contributed by atoms with Crippen molar-refractivity contribution in [1.82, 2.24) is 10.2 Å². The van der Waals surface area contributed by atoms with Crippen molar-refractivity contribution < 1.29 is 9.53 Å². The highest BCUT2D eigenvalue weighted by atomic mass is 16.6. The van der Waals surface area contributed by atoms with Gasteiger partial charge in [-0.15, -0.1) is 0 Å². The first-order chi connectivity index (χ1) is 7.84. The Kier molecular flexibility index (Phi) is 4.80. The Morgan fingerprint density at radius 2 is 2.12 bits per heavy atom. The molecule has 1 saturated heterocycles. The number of nitrogens with zero attached hydrogens (tertiary/aromatic N) is 1. The van der Waals surface area contributed by atoms with Crippen molar-refractivity contribution in [2.75, 3.05) is 19.7 Å². The zero-order valence-corrected chi connectivity index (χ0v) is 11.7. The molecule has 0 aromatic carbocycles. The van der Waals surface area contributed by atoms with Crippen LogP contribution in [-0.4, -0.2) is 42.3 Å². The van der Waals surface area contributed by atoms with Gasteiger partial charge in [-0.25, -0.2) is 4.79 Å². The van der Waals surface area contributed by atoms with Gasteiger partial charge in [0.05, 0.1) is 6.61 Å². The molecule has 1 fully saturated rings. The van der Waals surface area contributed by atoms with Crippen LogP contribution in [0, 0.1) is 5.92 Å². The molecule has 4 heteroatoms. The Hall–Kier alpha value is -0.770. The van der Waals surface area contributed by atoms with Crippen LogP contribution in [0.25, 0.3) is 0 Å². The third kappa shape index (κ3) is 4.19. The van der Waals surface area contributed by atoms with E-state index in [1.54, 1.807) is 4.90 Å². The van der Waals surface area contributed by atoms with Crippen molar-refractivity contribution in [2.45, 2.75) is 52.6 Å². The van der Waals surface area contributed by atoms with Crippen molar-refractivity contribution in [3.05, 3.63) is 0 Å². The van der Waals surface area contributed by atoms with Crippen LogP contribution in [0.1, 0.15) is 41.0 Å². The minimum Gasteiger partial charge on any atom is -0.449 e. The number of nitrogens with one attached hydrogen (secondary N) is 1. The summed E-state index contributed by atoms with van der Waals surface area (Å²) in [5.41, 5.74) is -0.174. The van der Waals surface area contributed by atoms with Crippen molar-refractivity contribution in [3.63, 3.8) is 0 Å². The fraction of sp³-hybridized carbons (Fsp3) is 0.923. The topological polar surface area (TPSA) is 41.6 Å². The van der Waals surface area contributed by atoms with Gasteiger partial charge in [0.1, 0.15) is 0 Å². The Morgan fingerprint density at radius 1 is 1.47 bits per heavy atom. The van der Waals surface area contributed by atoms with E-state index >= 15 is 0 Å². The maximum absolute atomic E-state index is 11.9. The van der Waals surface area contributed by atoms with E-state index < -0.39 is 0 Å². The number of amides is 1. The van der Waals surface area contributed by atoms with E-state index in [1.165, 1.54) is 0 Å². The molecule has 0 bridgehead atoms. The van der Waals surface area contributed by atoms with Crippen LogP contribution in [0.5, 0.6) is 0 Å². The van der Waals surface area contributed by atoms with E-state index in [9.17, 15) is 4.79 Å². The number of hydrogen-bond acceptors (Lipinski definition) is 3. The lowest BCUT2D eigenvalue weighted by Crippen LogP contribution is -2.46. The molecule has 1 aliphatic heterocycles. The maximum atomic E-state index is 11.9. The zero-order chi connectivity index (χ0) is 13.1. The number of carbonyl (C=O) groups excluding carboxylic acids is 1. The number of carbonyl (C=O) groups is 1. The molecule has 0 spiro atoms. The first-order valence-electron chi connectivity index (χ1n) is 6.52. The van der Waals surface area contributed by atoms with Crippen LogP contribution in [0.4, 0.5) is 4.79 Å². The Morgan fingerprint density at radius 3 is 2.53 bits per heavy atom. The minimum atomic E-state index is -0.195. The highest BCUT2D eigenvalue weighted by Crippen LogP contribution is 2.17. The predicted octanol–water partition coefficient (Wildman–Crippen LogP) is 2.24. The fourth-order valence-electron chi connectivity index (χ4n) is 2.31. The molecule has 1 heterocycles. The maximum Gasteiger partial charge on any atom is 0.410 e. The molecular weight excluding hydrogens is 216 g/mol. The summed E-state index contributed by atoms with van der Waals surface area (Å²) >= 11 is 0. The molecule has 1 rings (SSSR count). The summed E-state index contributed by atoms with van der Waals surface area (Å²) in [5.74, 6) is 0.465. The SMILES string of the molecule is CCN(C(=O)OC[C@@H]1CN[C@@H](C)C1)C(C)(C)C. The summed E-state index contributed by atoms with van der Waals surface area (Å²) in [5, 5.41) is 3.36. The van der Waals surface area contributed by atoms with E-state index in [-0.39, 0.29) is 11.6 Å². The third-order valence-corrected chi connectivity index (χ3v) is 3.23. The number of rotatable bonds is 3. The second-order valence-electron chi connectivity index (χ2n) is 5.90. The van der Waals surface area contributed by atoms with Crippen LogP contribution in [0.3, 0.4) is 0 Å². The zero-order valence-electron chi connectivity index (χ0n) is 11.7. The lowest BCUT2D eigenvalue weighted by Gasteiger charge is -2.34. The molecule has 1 aliphatic rings.